The normalized spacial score (nSPS) is 14.7. The third kappa shape index (κ3) is 7.68. The Morgan fingerprint density at radius 2 is 2.20 bits per heavy atom. The second-order valence-electron chi connectivity index (χ2n) is 3.85. The Bertz CT molecular complexity index is 176. The van der Waals surface area contributed by atoms with Gasteiger partial charge in [0.1, 0.15) is 0 Å². The molecule has 0 saturated carbocycles. The van der Waals surface area contributed by atoms with E-state index >= 15 is 0 Å². The highest BCUT2D eigenvalue weighted by Gasteiger charge is 2.12. The number of hydrogen-bond donors (Lipinski definition) is 2. The Morgan fingerprint density at radius 1 is 1.53 bits per heavy atom. The molecule has 0 aromatic rings. The average Bonchev–Trinajstić information content (AvgIpc) is 2.25. The van der Waals surface area contributed by atoms with Crippen LogP contribution in [-0.4, -0.2) is 35.7 Å². The van der Waals surface area contributed by atoms with Crippen LogP contribution in [0, 0.1) is 5.92 Å². The summed E-state index contributed by atoms with van der Waals surface area (Å²) in [5, 5.41) is 12.4. The summed E-state index contributed by atoms with van der Waals surface area (Å²) in [5.41, 5.74) is 0. The quantitative estimate of drug-likeness (QED) is 0.627. The molecule has 0 rings (SSSR count). The number of aliphatic hydroxyl groups excluding tert-OH is 1. The zero-order valence-electron chi connectivity index (χ0n) is 9.95. The van der Waals surface area contributed by atoms with Crippen molar-refractivity contribution in [1.29, 1.82) is 0 Å². The molecule has 0 heterocycles. The minimum atomic E-state index is -0.417. The molecular weight excluding hydrogens is 210 g/mol. The van der Waals surface area contributed by atoms with Crippen molar-refractivity contribution >= 4 is 17.7 Å². The number of nitrogens with one attached hydrogen (secondary N) is 1. The maximum absolute atomic E-state index is 11.3. The van der Waals surface area contributed by atoms with Crippen LogP contribution in [0.15, 0.2) is 0 Å². The van der Waals surface area contributed by atoms with E-state index in [1.807, 2.05) is 20.1 Å². The maximum atomic E-state index is 11.3. The molecular formula is C11H23NO2S. The van der Waals surface area contributed by atoms with Crippen LogP contribution >= 0.6 is 11.8 Å². The monoisotopic (exact) mass is 233 g/mol. The van der Waals surface area contributed by atoms with Crippen LogP contribution in [0.3, 0.4) is 0 Å². The van der Waals surface area contributed by atoms with Crippen molar-refractivity contribution in [3.63, 3.8) is 0 Å². The molecule has 90 valence electrons. The van der Waals surface area contributed by atoms with Crippen molar-refractivity contribution in [2.75, 3.05) is 18.6 Å². The number of amides is 1. The van der Waals surface area contributed by atoms with Crippen LogP contribution < -0.4 is 5.32 Å². The zero-order valence-corrected chi connectivity index (χ0v) is 10.8. The van der Waals surface area contributed by atoms with E-state index in [2.05, 4.69) is 5.32 Å². The molecule has 0 aliphatic heterocycles. The summed E-state index contributed by atoms with van der Waals surface area (Å²) >= 11 is 1.75. The first-order valence-corrected chi connectivity index (χ1v) is 6.94. The predicted octanol–water partition coefficient (Wildman–Crippen LogP) is 1.65. The number of aliphatic hydroxyl groups is 1. The number of thioether (sulfide) groups is 1. The first-order valence-electron chi connectivity index (χ1n) is 5.55. The highest BCUT2D eigenvalue weighted by Crippen LogP contribution is 2.06. The molecule has 0 bridgehead atoms. The molecule has 15 heavy (non-hydrogen) atoms. The molecule has 0 spiro atoms. The van der Waals surface area contributed by atoms with Gasteiger partial charge in [-0.3, -0.25) is 4.79 Å². The summed E-state index contributed by atoms with van der Waals surface area (Å²) in [7, 11) is 0. The molecule has 0 saturated heterocycles. The topological polar surface area (TPSA) is 49.3 Å². The Balaban J connectivity index is 3.52. The third-order valence-corrected chi connectivity index (χ3v) is 3.26. The van der Waals surface area contributed by atoms with Crippen molar-refractivity contribution < 1.29 is 9.90 Å². The lowest BCUT2D eigenvalue weighted by Gasteiger charge is -2.17. The molecule has 0 radical (unpaired) electrons. The summed E-state index contributed by atoms with van der Waals surface area (Å²) < 4.78 is 0. The van der Waals surface area contributed by atoms with Gasteiger partial charge in [-0.2, -0.15) is 11.8 Å². The van der Waals surface area contributed by atoms with Crippen LogP contribution in [0.4, 0.5) is 0 Å². The predicted molar refractivity (Wildman–Crippen MR) is 66.1 cm³/mol. The summed E-state index contributed by atoms with van der Waals surface area (Å²) in [6, 6.07) is 0. The molecule has 0 aliphatic carbocycles. The molecule has 1 amide bonds. The summed E-state index contributed by atoms with van der Waals surface area (Å²) in [6.45, 7) is 4.41. The van der Waals surface area contributed by atoms with Crippen molar-refractivity contribution in [1.82, 2.24) is 5.32 Å². The first-order chi connectivity index (χ1) is 7.11. The second kappa shape index (κ2) is 9.04. The first kappa shape index (κ1) is 14.8. The third-order valence-electron chi connectivity index (χ3n) is 2.56. The smallest absolute Gasteiger partial charge is 0.220 e. The molecule has 2 N–H and O–H groups in total. The molecule has 2 atom stereocenters. The average molecular weight is 233 g/mol. The maximum Gasteiger partial charge on any atom is 0.220 e. The zero-order chi connectivity index (χ0) is 11.7. The van der Waals surface area contributed by atoms with Gasteiger partial charge in [0.25, 0.3) is 0 Å². The fraction of sp³-hybridized carbons (Fsp3) is 0.909. The highest BCUT2D eigenvalue weighted by atomic mass is 32.2. The number of hydrogen-bond acceptors (Lipinski definition) is 3. The van der Waals surface area contributed by atoms with Gasteiger partial charge in [0.2, 0.25) is 5.91 Å². The van der Waals surface area contributed by atoms with E-state index in [0.717, 1.165) is 18.6 Å². The summed E-state index contributed by atoms with van der Waals surface area (Å²) in [5.74, 6) is 1.31. The van der Waals surface area contributed by atoms with Gasteiger partial charge in [-0.1, -0.05) is 20.3 Å². The van der Waals surface area contributed by atoms with Crippen molar-refractivity contribution in [2.45, 2.75) is 39.2 Å². The van der Waals surface area contributed by atoms with E-state index in [4.69, 9.17) is 0 Å². The summed E-state index contributed by atoms with van der Waals surface area (Å²) in [4.78, 5) is 11.3. The SMILES string of the molecule is CCC(C)C(O)CNC(=O)CCCSC. The molecule has 4 heteroatoms. The van der Waals surface area contributed by atoms with E-state index in [-0.39, 0.29) is 11.8 Å². The van der Waals surface area contributed by atoms with Crippen molar-refractivity contribution in [3.8, 4) is 0 Å². The summed E-state index contributed by atoms with van der Waals surface area (Å²) in [6.07, 6.45) is 4.02. The van der Waals surface area contributed by atoms with Gasteiger partial charge in [0.15, 0.2) is 0 Å². The molecule has 0 aromatic carbocycles. The van der Waals surface area contributed by atoms with Crippen LogP contribution in [0.2, 0.25) is 0 Å². The van der Waals surface area contributed by atoms with E-state index in [0.29, 0.717) is 13.0 Å². The second-order valence-corrected chi connectivity index (χ2v) is 4.84. The minimum Gasteiger partial charge on any atom is -0.391 e. The van der Waals surface area contributed by atoms with Gasteiger partial charge in [0.05, 0.1) is 6.10 Å². The Morgan fingerprint density at radius 3 is 2.73 bits per heavy atom. The van der Waals surface area contributed by atoms with Gasteiger partial charge in [-0.15, -0.1) is 0 Å². The molecule has 3 nitrogen and oxygen atoms in total. The standard InChI is InChI=1S/C11H23NO2S/c1-4-9(2)10(13)8-12-11(14)6-5-7-15-3/h9-10,13H,4-8H2,1-3H3,(H,12,14). The van der Waals surface area contributed by atoms with Gasteiger partial charge in [0, 0.05) is 13.0 Å². The Labute approximate surface area is 97.0 Å². The van der Waals surface area contributed by atoms with E-state index in [1.54, 1.807) is 11.8 Å². The number of carbonyl (C=O) groups excluding carboxylic acids is 1. The number of rotatable bonds is 8. The van der Waals surface area contributed by atoms with Crippen molar-refractivity contribution in [2.24, 2.45) is 5.92 Å². The Kier molecular flexibility index (Phi) is 8.91. The highest BCUT2D eigenvalue weighted by molar-refractivity contribution is 7.98. The molecule has 2 unspecified atom stereocenters. The fourth-order valence-corrected chi connectivity index (χ4v) is 1.59. The van der Waals surface area contributed by atoms with Gasteiger partial charge < -0.3 is 10.4 Å². The van der Waals surface area contributed by atoms with Crippen LogP contribution in [0.25, 0.3) is 0 Å². The van der Waals surface area contributed by atoms with Gasteiger partial charge >= 0.3 is 0 Å². The number of carbonyl (C=O) groups is 1. The fourth-order valence-electron chi connectivity index (χ4n) is 1.16. The minimum absolute atomic E-state index is 0.0476. The Hall–Kier alpha value is -0.220. The van der Waals surface area contributed by atoms with Crippen molar-refractivity contribution in [3.05, 3.63) is 0 Å². The molecule has 0 aromatic heterocycles. The lowest BCUT2D eigenvalue weighted by Crippen LogP contribution is -2.35. The van der Waals surface area contributed by atoms with Crippen LogP contribution in [-0.2, 0) is 4.79 Å². The lowest BCUT2D eigenvalue weighted by molar-refractivity contribution is -0.121. The van der Waals surface area contributed by atoms with E-state index in [9.17, 15) is 9.90 Å². The van der Waals surface area contributed by atoms with E-state index < -0.39 is 6.10 Å². The molecule has 0 fully saturated rings. The largest absolute Gasteiger partial charge is 0.391 e. The van der Waals surface area contributed by atoms with Crippen LogP contribution in [0.1, 0.15) is 33.1 Å². The van der Waals surface area contributed by atoms with E-state index in [1.165, 1.54) is 0 Å². The molecule has 0 aliphatic rings. The lowest BCUT2D eigenvalue weighted by atomic mass is 10.0. The van der Waals surface area contributed by atoms with Gasteiger partial charge in [-0.05, 0) is 24.3 Å². The van der Waals surface area contributed by atoms with Crippen LogP contribution in [0.5, 0.6) is 0 Å². The van der Waals surface area contributed by atoms with Gasteiger partial charge in [-0.25, -0.2) is 0 Å².